The zero-order chi connectivity index (χ0) is 28.2. The van der Waals surface area contributed by atoms with Gasteiger partial charge in [-0.15, -0.1) is 0 Å². The van der Waals surface area contributed by atoms with Crippen molar-refractivity contribution < 1.29 is 33.7 Å². The molecule has 9 nitrogen and oxygen atoms in total. The molecule has 2 heterocycles. The van der Waals surface area contributed by atoms with Crippen LogP contribution in [0, 0.1) is 11.8 Å². The van der Waals surface area contributed by atoms with Gasteiger partial charge in [0.1, 0.15) is 12.4 Å². The minimum atomic E-state index is -0.695. The third kappa shape index (κ3) is 6.25. The average molecular weight is 551 g/mol. The molecule has 1 saturated heterocycles. The van der Waals surface area contributed by atoms with Gasteiger partial charge in [0.05, 0.1) is 26.2 Å². The highest BCUT2D eigenvalue weighted by Crippen LogP contribution is 2.36. The third-order valence-electron chi connectivity index (χ3n) is 8.47. The van der Waals surface area contributed by atoms with E-state index in [9.17, 15) is 19.5 Å². The van der Waals surface area contributed by atoms with Gasteiger partial charge in [-0.25, -0.2) is 0 Å². The fourth-order valence-electron chi connectivity index (χ4n) is 6.12. The van der Waals surface area contributed by atoms with E-state index < -0.39 is 5.97 Å². The first-order valence-electron chi connectivity index (χ1n) is 14.2. The summed E-state index contributed by atoms with van der Waals surface area (Å²) < 4.78 is 17.2. The number of hydrogen-bond acceptors (Lipinski definition) is 7. The van der Waals surface area contributed by atoms with Crippen LogP contribution in [0.1, 0.15) is 61.8 Å². The molecule has 2 aromatic rings. The SMILES string of the molecule is COc1cc(CN(C[C@@H]2CC[C@H](C(=O)O)C2)[C@@H](C)c2ccc3c(c2)CCO3)ccc1OCCN1C(=O)CCC1=O. The molecule has 2 amide bonds. The standard InChI is InChI=1S/C31H38N2O7/c1-20(23-6-8-26-24(17-23)11-13-39-26)32(18-21-3-5-25(15-21)31(36)37)19-22-4-7-27(28(16-22)38-2)40-14-12-33-29(34)9-10-30(33)35/h4,6-8,16-17,20-21,25H,3,5,9-15,18-19H2,1-2H3,(H,36,37)/t20-,21+,25-/m0/s1. The highest BCUT2D eigenvalue weighted by molar-refractivity contribution is 6.01. The molecule has 214 valence electrons. The van der Waals surface area contributed by atoms with Crippen LogP contribution in [0.3, 0.4) is 0 Å². The topological polar surface area (TPSA) is 106 Å². The lowest BCUT2D eigenvalue weighted by Crippen LogP contribution is -2.33. The van der Waals surface area contributed by atoms with Crippen molar-refractivity contribution in [1.29, 1.82) is 0 Å². The van der Waals surface area contributed by atoms with Crippen LogP contribution in [0.4, 0.5) is 0 Å². The number of carboxylic acid groups (broad SMARTS) is 1. The number of methoxy groups -OCH3 is 1. The summed E-state index contributed by atoms with van der Waals surface area (Å²) in [6.45, 7) is 4.81. The second-order valence-electron chi connectivity index (χ2n) is 11.1. The molecule has 9 heteroatoms. The zero-order valence-electron chi connectivity index (χ0n) is 23.3. The molecule has 1 aliphatic carbocycles. The maximum absolute atomic E-state index is 11.9. The minimum absolute atomic E-state index is 0.118. The number of imide groups is 1. The molecule has 2 fully saturated rings. The number of rotatable bonds is 12. The minimum Gasteiger partial charge on any atom is -0.493 e. The Hall–Kier alpha value is -3.59. The van der Waals surface area contributed by atoms with Crippen molar-refractivity contribution in [3.8, 4) is 17.2 Å². The number of likely N-dealkylation sites (tertiary alicyclic amines) is 1. The van der Waals surface area contributed by atoms with Crippen molar-refractivity contribution in [2.45, 2.75) is 58.0 Å². The Bertz CT molecular complexity index is 1250. The van der Waals surface area contributed by atoms with Gasteiger partial charge in [-0.1, -0.05) is 18.2 Å². The van der Waals surface area contributed by atoms with Gasteiger partial charge in [-0.3, -0.25) is 24.2 Å². The summed E-state index contributed by atoms with van der Waals surface area (Å²) in [5, 5.41) is 9.52. The molecule has 1 saturated carbocycles. The average Bonchev–Trinajstić information content (AvgIpc) is 3.69. The van der Waals surface area contributed by atoms with Gasteiger partial charge in [0, 0.05) is 38.4 Å². The Morgan fingerprint density at radius 1 is 1.10 bits per heavy atom. The molecule has 40 heavy (non-hydrogen) atoms. The highest BCUT2D eigenvalue weighted by atomic mass is 16.5. The fourth-order valence-corrected chi connectivity index (χ4v) is 6.12. The number of nitrogens with zero attached hydrogens (tertiary/aromatic N) is 2. The predicted molar refractivity (Wildman–Crippen MR) is 147 cm³/mol. The summed E-state index contributed by atoms with van der Waals surface area (Å²) in [5.74, 6) is 1.16. The second-order valence-corrected chi connectivity index (χ2v) is 11.1. The highest BCUT2D eigenvalue weighted by Gasteiger charge is 2.32. The van der Waals surface area contributed by atoms with E-state index in [-0.39, 0.29) is 49.8 Å². The van der Waals surface area contributed by atoms with E-state index in [0.717, 1.165) is 37.1 Å². The molecule has 0 bridgehead atoms. The van der Waals surface area contributed by atoms with Crippen LogP contribution in [-0.4, -0.2) is 66.1 Å². The van der Waals surface area contributed by atoms with Crippen LogP contribution in [-0.2, 0) is 27.3 Å². The molecule has 2 aromatic carbocycles. The summed E-state index contributed by atoms with van der Waals surface area (Å²) in [6.07, 6.45) is 3.79. The molecule has 2 aliphatic heterocycles. The van der Waals surface area contributed by atoms with E-state index in [0.29, 0.717) is 37.0 Å². The smallest absolute Gasteiger partial charge is 0.306 e. The first-order chi connectivity index (χ1) is 19.3. The molecule has 3 aliphatic rings. The lowest BCUT2D eigenvalue weighted by Gasteiger charge is -2.32. The quantitative estimate of drug-likeness (QED) is 0.392. The summed E-state index contributed by atoms with van der Waals surface area (Å²) in [4.78, 5) is 39.0. The van der Waals surface area contributed by atoms with E-state index in [4.69, 9.17) is 14.2 Å². The summed E-state index contributed by atoms with van der Waals surface area (Å²) in [5.41, 5.74) is 3.50. The van der Waals surface area contributed by atoms with Crippen molar-refractivity contribution >= 4 is 17.8 Å². The van der Waals surface area contributed by atoms with Gasteiger partial charge in [0.15, 0.2) is 11.5 Å². The number of amides is 2. The Labute approximate surface area is 235 Å². The number of hydrogen-bond donors (Lipinski definition) is 1. The fraction of sp³-hybridized carbons (Fsp3) is 0.516. The number of ether oxygens (including phenoxy) is 3. The van der Waals surface area contributed by atoms with Crippen molar-refractivity contribution in [3.63, 3.8) is 0 Å². The first kappa shape index (κ1) is 28.0. The Morgan fingerprint density at radius 2 is 1.90 bits per heavy atom. The molecule has 1 N–H and O–H groups in total. The van der Waals surface area contributed by atoms with Gasteiger partial charge in [-0.05, 0) is 67.0 Å². The van der Waals surface area contributed by atoms with E-state index in [1.165, 1.54) is 16.0 Å². The molecule has 0 radical (unpaired) electrons. The summed E-state index contributed by atoms with van der Waals surface area (Å²) >= 11 is 0. The molecule has 3 atom stereocenters. The van der Waals surface area contributed by atoms with Crippen molar-refractivity contribution in [2.75, 3.05) is 33.4 Å². The maximum Gasteiger partial charge on any atom is 0.306 e. The van der Waals surface area contributed by atoms with E-state index >= 15 is 0 Å². The molecule has 0 spiro atoms. The molecule has 0 unspecified atom stereocenters. The number of fused-ring (bicyclic) bond motifs is 1. The number of carbonyl (C=O) groups is 3. The van der Waals surface area contributed by atoms with Crippen LogP contribution in [0.2, 0.25) is 0 Å². The molecular formula is C31H38N2O7. The maximum atomic E-state index is 11.9. The second kappa shape index (κ2) is 12.3. The number of benzene rings is 2. The third-order valence-corrected chi connectivity index (χ3v) is 8.47. The van der Waals surface area contributed by atoms with E-state index in [1.54, 1.807) is 7.11 Å². The summed E-state index contributed by atoms with van der Waals surface area (Å²) in [7, 11) is 1.59. The Balaban J connectivity index is 1.30. The molecular weight excluding hydrogens is 512 g/mol. The van der Waals surface area contributed by atoms with Gasteiger partial charge < -0.3 is 19.3 Å². The Morgan fingerprint density at radius 3 is 2.62 bits per heavy atom. The van der Waals surface area contributed by atoms with Crippen LogP contribution in [0.25, 0.3) is 0 Å². The van der Waals surface area contributed by atoms with E-state index in [2.05, 4.69) is 30.0 Å². The van der Waals surface area contributed by atoms with Gasteiger partial charge >= 0.3 is 5.97 Å². The van der Waals surface area contributed by atoms with Crippen LogP contribution < -0.4 is 14.2 Å². The largest absolute Gasteiger partial charge is 0.493 e. The predicted octanol–water partition coefficient (Wildman–Crippen LogP) is 4.22. The Kier molecular flexibility index (Phi) is 8.59. The van der Waals surface area contributed by atoms with Crippen molar-refractivity contribution in [3.05, 3.63) is 53.1 Å². The molecule has 0 aromatic heterocycles. The normalized spacial score (nSPS) is 21.0. The van der Waals surface area contributed by atoms with Crippen molar-refractivity contribution in [1.82, 2.24) is 9.80 Å². The van der Waals surface area contributed by atoms with Gasteiger partial charge in [-0.2, -0.15) is 0 Å². The lowest BCUT2D eigenvalue weighted by atomic mass is 9.99. The number of carbonyl (C=O) groups excluding carboxylic acids is 2. The van der Waals surface area contributed by atoms with Crippen LogP contribution >= 0.6 is 0 Å². The van der Waals surface area contributed by atoms with Gasteiger partial charge in [0.25, 0.3) is 0 Å². The lowest BCUT2D eigenvalue weighted by molar-refractivity contribution is -0.142. The van der Waals surface area contributed by atoms with E-state index in [1.807, 2.05) is 18.2 Å². The summed E-state index contributed by atoms with van der Waals surface area (Å²) in [6, 6.07) is 12.4. The monoisotopic (exact) mass is 550 g/mol. The van der Waals surface area contributed by atoms with Crippen LogP contribution in [0.5, 0.6) is 17.2 Å². The first-order valence-corrected chi connectivity index (χ1v) is 14.2. The van der Waals surface area contributed by atoms with Crippen LogP contribution in [0.15, 0.2) is 36.4 Å². The molecule has 5 rings (SSSR count). The number of aliphatic carboxylic acids is 1. The van der Waals surface area contributed by atoms with Gasteiger partial charge in [0.2, 0.25) is 11.8 Å². The van der Waals surface area contributed by atoms with Crippen molar-refractivity contribution in [2.24, 2.45) is 11.8 Å². The zero-order valence-corrected chi connectivity index (χ0v) is 23.3. The number of carboxylic acids is 1.